The zero-order valence-corrected chi connectivity index (χ0v) is 10.7. The summed E-state index contributed by atoms with van der Waals surface area (Å²) in [7, 11) is 2.73. The van der Waals surface area contributed by atoms with Crippen molar-refractivity contribution in [2.75, 3.05) is 14.2 Å². The summed E-state index contributed by atoms with van der Waals surface area (Å²) >= 11 is 0. The molecule has 19 heavy (non-hydrogen) atoms. The zero-order valence-electron chi connectivity index (χ0n) is 10.7. The Hall–Kier alpha value is -2.50. The first-order valence-corrected chi connectivity index (χ1v) is 5.43. The average Bonchev–Trinajstić information content (AvgIpc) is 2.79. The Bertz CT molecular complexity index is 640. The molecule has 0 spiro atoms. The Kier molecular flexibility index (Phi) is 3.41. The largest absolute Gasteiger partial charge is 0.496 e. The lowest BCUT2D eigenvalue weighted by Gasteiger charge is -2.05. The molecule has 0 saturated carbocycles. The van der Waals surface area contributed by atoms with Crippen molar-refractivity contribution in [3.63, 3.8) is 0 Å². The predicted molar refractivity (Wildman–Crippen MR) is 65.4 cm³/mol. The summed E-state index contributed by atoms with van der Waals surface area (Å²) in [6.45, 7) is 1.29. The van der Waals surface area contributed by atoms with Crippen molar-refractivity contribution >= 4 is 22.9 Å². The van der Waals surface area contributed by atoms with Crippen molar-refractivity contribution in [3.05, 3.63) is 24.0 Å². The van der Waals surface area contributed by atoms with Crippen LogP contribution < -0.4 is 9.47 Å². The number of ether oxygens (including phenoxy) is 3. The highest BCUT2D eigenvalue weighted by atomic mass is 16.5. The molecule has 6 heteroatoms. The molecule has 1 aromatic heterocycles. The fourth-order valence-corrected chi connectivity index (χ4v) is 1.68. The normalized spacial score (nSPS) is 10.3. The summed E-state index contributed by atoms with van der Waals surface area (Å²) in [6.07, 6.45) is 0. The number of carbonyl (C=O) groups is 2. The van der Waals surface area contributed by atoms with Gasteiger partial charge in [0.25, 0.3) is 0 Å². The second kappa shape index (κ2) is 5.01. The number of rotatable bonds is 3. The van der Waals surface area contributed by atoms with Crippen LogP contribution in [0.3, 0.4) is 0 Å². The lowest BCUT2D eigenvalue weighted by Crippen LogP contribution is -2.01. The van der Waals surface area contributed by atoms with Crippen LogP contribution in [0.5, 0.6) is 11.5 Å². The van der Waals surface area contributed by atoms with Gasteiger partial charge in [-0.3, -0.25) is 4.79 Å². The molecule has 6 nitrogen and oxygen atoms in total. The summed E-state index contributed by atoms with van der Waals surface area (Å²) in [6, 6.07) is 4.56. The molecule has 1 heterocycles. The van der Waals surface area contributed by atoms with Crippen LogP contribution >= 0.6 is 0 Å². The fourth-order valence-electron chi connectivity index (χ4n) is 1.68. The van der Waals surface area contributed by atoms with E-state index in [4.69, 9.17) is 13.9 Å². The van der Waals surface area contributed by atoms with Gasteiger partial charge in [-0.2, -0.15) is 0 Å². The minimum Gasteiger partial charge on any atom is -0.496 e. The molecule has 0 amide bonds. The second-order valence-electron chi connectivity index (χ2n) is 3.73. The van der Waals surface area contributed by atoms with Crippen molar-refractivity contribution in [1.29, 1.82) is 0 Å². The van der Waals surface area contributed by atoms with Crippen molar-refractivity contribution in [2.45, 2.75) is 6.92 Å². The first-order chi connectivity index (χ1) is 9.05. The van der Waals surface area contributed by atoms with Gasteiger partial charge in [0.05, 0.1) is 19.6 Å². The van der Waals surface area contributed by atoms with Gasteiger partial charge in [0, 0.05) is 25.1 Å². The van der Waals surface area contributed by atoms with E-state index in [0.717, 1.165) is 0 Å². The van der Waals surface area contributed by atoms with E-state index in [1.807, 2.05) is 0 Å². The van der Waals surface area contributed by atoms with Crippen LogP contribution in [0.1, 0.15) is 17.5 Å². The minimum atomic E-state index is -0.590. The van der Waals surface area contributed by atoms with Crippen LogP contribution in [0.2, 0.25) is 0 Å². The summed E-state index contributed by atoms with van der Waals surface area (Å²) in [5.74, 6) is -0.278. The molecule has 0 fully saturated rings. The third-order valence-corrected chi connectivity index (χ3v) is 2.44. The lowest BCUT2D eigenvalue weighted by molar-refractivity contribution is -0.131. The van der Waals surface area contributed by atoms with Gasteiger partial charge in [-0.1, -0.05) is 0 Å². The van der Waals surface area contributed by atoms with Gasteiger partial charge >= 0.3 is 11.9 Å². The molecule has 0 bridgehead atoms. The van der Waals surface area contributed by atoms with Crippen LogP contribution in [-0.2, 0) is 9.53 Å². The molecule has 2 aromatic rings. The molecule has 0 aliphatic heterocycles. The monoisotopic (exact) mass is 264 g/mol. The maximum Gasteiger partial charge on any atom is 0.373 e. The van der Waals surface area contributed by atoms with Gasteiger partial charge in [-0.05, 0) is 0 Å². The first-order valence-electron chi connectivity index (χ1n) is 5.43. The first kappa shape index (κ1) is 12.9. The third-order valence-electron chi connectivity index (χ3n) is 2.44. The standard InChI is InChI=1S/C13H12O6/c1-7(14)18-8-4-10(16-2)9-6-12(13(15)17-3)19-11(9)5-8/h4-6H,1-3H3. The third kappa shape index (κ3) is 2.52. The quantitative estimate of drug-likeness (QED) is 0.624. The van der Waals surface area contributed by atoms with Crippen LogP contribution in [0.4, 0.5) is 0 Å². The molecule has 0 aliphatic carbocycles. The number of hydrogen-bond donors (Lipinski definition) is 0. The summed E-state index contributed by atoms with van der Waals surface area (Å²) in [4.78, 5) is 22.3. The van der Waals surface area contributed by atoms with E-state index in [1.165, 1.54) is 33.3 Å². The number of carbonyl (C=O) groups excluding carboxylic acids is 2. The summed E-state index contributed by atoms with van der Waals surface area (Å²) in [5, 5.41) is 0.596. The highest BCUT2D eigenvalue weighted by molar-refractivity contribution is 5.95. The Balaban J connectivity index is 2.56. The summed E-state index contributed by atoms with van der Waals surface area (Å²) in [5.41, 5.74) is 0.371. The zero-order chi connectivity index (χ0) is 14.0. The Morgan fingerprint density at radius 2 is 1.89 bits per heavy atom. The van der Waals surface area contributed by atoms with Crippen LogP contribution in [-0.4, -0.2) is 26.2 Å². The maximum absolute atomic E-state index is 11.4. The molecule has 0 radical (unpaired) electrons. The van der Waals surface area contributed by atoms with Crippen molar-refractivity contribution in [1.82, 2.24) is 0 Å². The molecule has 1 aromatic carbocycles. The summed E-state index contributed by atoms with van der Waals surface area (Å²) < 4.78 is 20.1. The molecule has 0 atom stereocenters. The Morgan fingerprint density at radius 1 is 1.16 bits per heavy atom. The van der Waals surface area contributed by atoms with Gasteiger partial charge in [0.1, 0.15) is 17.1 Å². The Labute approximate surface area is 108 Å². The van der Waals surface area contributed by atoms with Crippen molar-refractivity contribution in [3.8, 4) is 11.5 Å². The van der Waals surface area contributed by atoms with Crippen LogP contribution in [0, 0.1) is 0 Å². The number of benzene rings is 1. The van der Waals surface area contributed by atoms with Crippen molar-refractivity contribution in [2.24, 2.45) is 0 Å². The Morgan fingerprint density at radius 3 is 2.47 bits per heavy atom. The molecule has 100 valence electrons. The highest BCUT2D eigenvalue weighted by Crippen LogP contribution is 2.33. The molecule has 0 aliphatic rings. The molecule has 2 rings (SSSR count). The van der Waals surface area contributed by atoms with E-state index in [2.05, 4.69) is 4.74 Å². The van der Waals surface area contributed by atoms with E-state index in [-0.39, 0.29) is 11.5 Å². The average molecular weight is 264 g/mol. The van der Waals surface area contributed by atoms with Gasteiger partial charge in [0.15, 0.2) is 0 Å². The number of esters is 2. The molecule has 0 saturated heterocycles. The molecular weight excluding hydrogens is 252 g/mol. The minimum absolute atomic E-state index is 0.0516. The number of furan rings is 1. The maximum atomic E-state index is 11.4. The molecule has 0 N–H and O–H groups in total. The lowest BCUT2D eigenvalue weighted by atomic mass is 10.2. The fraction of sp³-hybridized carbons (Fsp3) is 0.231. The van der Waals surface area contributed by atoms with Gasteiger partial charge < -0.3 is 18.6 Å². The van der Waals surface area contributed by atoms with Gasteiger partial charge in [-0.15, -0.1) is 0 Å². The molecule has 0 unspecified atom stereocenters. The number of fused-ring (bicyclic) bond motifs is 1. The van der Waals surface area contributed by atoms with E-state index < -0.39 is 11.9 Å². The van der Waals surface area contributed by atoms with Crippen LogP contribution in [0.25, 0.3) is 11.0 Å². The van der Waals surface area contributed by atoms with E-state index in [0.29, 0.717) is 16.7 Å². The second-order valence-corrected chi connectivity index (χ2v) is 3.73. The molecular formula is C13H12O6. The highest BCUT2D eigenvalue weighted by Gasteiger charge is 2.17. The number of hydrogen-bond acceptors (Lipinski definition) is 6. The van der Waals surface area contributed by atoms with Gasteiger partial charge in [-0.25, -0.2) is 4.79 Å². The van der Waals surface area contributed by atoms with Crippen LogP contribution in [0.15, 0.2) is 22.6 Å². The smallest absolute Gasteiger partial charge is 0.373 e. The predicted octanol–water partition coefficient (Wildman–Crippen LogP) is 2.15. The number of methoxy groups -OCH3 is 2. The van der Waals surface area contributed by atoms with E-state index in [9.17, 15) is 9.59 Å². The van der Waals surface area contributed by atoms with Crippen molar-refractivity contribution < 1.29 is 28.2 Å². The van der Waals surface area contributed by atoms with E-state index in [1.54, 1.807) is 6.07 Å². The van der Waals surface area contributed by atoms with E-state index >= 15 is 0 Å². The van der Waals surface area contributed by atoms with Gasteiger partial charge in [0.2, 0.25) is 5.76 Å². The SMILES string of the molecule is COC(=O)c1cc2c(OC)cc(OC(C)=O)cc2o1. The topological polar surface area (TPSA) is 75.0 Å².